The van der Waals surface area contributed by atoms with Crippen LogP contribution < -0.4 is 21.1 Å². The van der Waals surface area contributed by atoms with Crippen molar-refractivity contribution in [1.82, 2.24) is 39.4 Å². The number of fused-ring (bicyclic) bond motifs is 2. The van der Waals surface area contributed by atoms with Crippen LogP contribution in [-0.2, 0) is 49.3 Å². The molecular weight excluding hydrogens is 788 g/mol. The number of hydrogen-bond acceptors (Lipinski definition) is 16. The van der Waals surface area contributed by atoms with E-state index in [-0.39, 0.29) is 72.0 Å². The summed E-state index contributed by atoms with van der Waals surface area (Å²) in [5.74, 6) is -1.29. The Labute approximate surface area is 330 Å². The number of anilines is 2. The molecule has 4 rings (SSSR count). The molecule has 3 heterocycles. The smallest absolute Gasteiger partial charge is 0.332 e. The molecule has 0 saturated heterocycles. The molecule has 4 aromatic rings. The molecule has 0 spiro atoms. The molecule has 0 atom stereocenters. The minimum Gasteiger partial charge on any atom is -0.465 e. The summed E-state index contributed by atoms with van der Waals surface area (Å²) in [7, 11) is -7.55. The number of aromatic nitrogens is 5. The Kier molecular flexibility index (Phi) is 14.9. The molecule has 0 aliphatic carbocycles. The minimum absolute atomic E-state index is 0.0487. The van der Waals surface area contributed by atoms with Crippen LogP contribution in [0.3, 0.4) is 0 Å². The number of nitrogens with two attached hydrogens (primary N) is 1. The lowest BCUT2D eigenvalue weighted by atomic mass is 10.2. The minimum atomic E-state index is -4.00. The van der Waals surface area contributed by atoms with E-state index in [1.54, 1.807) is 72.7 Å². The van der Waals surface area contributed by atoms with Crippen molar-refractivity contribution in [3.05, 3.63) is 30.6 Å². The van der Waals surface area contributed by atoms with Crippen molar-refractivity contribution < 1.29 is 41.2 Å². The molecule has 22 heteroatoms. The number of rotatable bonds is 20. The van der Waals surface area contributed by atoms with Crippen molar-refractivity contribution in [3.8, 4) is 0 Å². The van der Waals surface area contributed by atoms with Gasteiger partial charge in [-0.25, -0.2) is 23.1 Å². The molecule has 0 unspecified atom stereocenters. The summed E-state index contributed by atoms with van der Waals surface area (Å²) < 4.78 is 60.4. The maximum Gasteiger partial charge on any atom is 0.332 e. The summed E-state index contributed by atoms with van der Waals surface area (Å²) in [6.45, 7) is 11.9. The van der Waals surface area contributed by atoms with Gasteiger partial charge >= 0.3 is 13.6 Å². The number of nitrogens with one attached hydrogen (secondary N) is 3. The Morgan fingerprint density at radius 1 is 1.00 bits per heavy atom. The molecule has 3 aromatic heterocycles. The number of nitrogens with zero attached hydrogens (tertiary/aromatic N) is 6. The quantitative estimate of drug-likeness (QED) is 0.0565. The van der Waals surface area contributed by atoms with Crippen molar-refractivity contribution in [2.24, 2.45) is 0 Å². The van der Waals surface area contributed by atoms with Gasteiger partial charge < -0.3 is 39.6 Å². The van der Waals surface area contributed by atoms with Gasteiger partial charge in [0.05, 0.1) is 40.5 Å². The lowest BCUT2D eigenvalue weighted by molar-refractivity contribution is -0.149. The summed E-state index contributed by atoms with van der Waals surface area (Å²) in [4.78, 5) is 56.9. The fourth-order valence-corrected chi connectivity index (χ4v) is 9.84. The second-order valence-electron chi connectivity index (χ2n) is 14.6. The monoisotopic (exact) mass is 838 g/mol. The Morgan fingerprint density at radius 3 is 2.36 bits per heavy atom. The largest absolute Gasteiger partial charge is 0.465 e. The second-order valence-corrected chi connectivity index (χ2v) is 19.6. The first-order chi connectivity index (χ1) is 26.2. The molecule has 0 aliphatic heterocycles. The van der Waals surface area contributed by atoms with Crippen LogP contribution in [0.4, 0.5) is 11.8 Å². The second kappa shape index (κ2) is 18.8. The van der Waals surface area contributed by atoms with Gasteiger partial charge in [-0.15, -0.1) is 11.3 Å². The average molecular weight is 839 g/mol. The van der Waals surface area contributed by atoms with Gasteiger partial charge in [0.1, 0.15) is 18.6 Å². The molecule has 0 aliphatic rings. The first kappa shape index (κ1) is 44.4. The van der Waals surface area contributed by atoms with Crippen LogP contribution in [-0.4, -0.2) is 112 Å². The normalized spacial score (nSPS) is 12.6. The molecule has 19 nitrogen and oxygen atoms in total. The number of sulfonamides is 1. The first-order valence-corrected chi connectivity index (χ1v) is 22.0. The Balaban J connectivity index is 1.33. The summed E-state index contributed by atoms with van der Waals surface area (Å²) in [6, 6.07) is 7.03. The summed E-state index contributed by atoms with van der Waals surface area (Å²) >= 11 is 1.02. The van der Waals surface area contributed by atoms with Crippen LogP contribution in [0.5, 0.6) is 0 Å². The number of thiazole rings is 1. The van der Waals surface area contributed by atoms with E-state index in [2.05, 4.69) is 35.3 Å². The Hall–Kier alpha value is -4.27. The predicted octanol–water partition coefficient (Wildman–Crippen LogP) is 3.52. The first-order valence-electron chi connectivity index (χ1n) is 17.9. The number of ether oxygens (including phenoxy) is 1. The lowest BCUT2D eigenvalue weighted by Gasteiger charge is -2.32. The third kappa shape index (κ3) is 13.4. The van der Waals surface area contributed by atoms with Gasteiger partial charge in [0.2, 0.25) is 22.1 Å². The van der Waals surface area contributed by atoms with E-state index in [9.17, 15) is 27.4 Å². The number of imidazole rings is 1. The third-order valence-electron chi connectivity index (χ3n) is 7.35. The average Bonchev–Trinajstić information content (AvgIpc) is 3.70. The SMILES string of the molecule is CCOC(=O)CN(CCNS(=O)(=O)c1nc2ccccc2s1)C(=O)Cn1cnc2c(N)nc(NCCCNC(=O)CCP(=O)(OC(C)(C)C)OC(C)(C)C)nc21. The van der Waals surface area contributed by atoms with Crippen molar-refractivity contribution in [2.45, 2.75) is 83.4 Å². The summed E-state index contributed by atoms with van der Waals surface area (Å²) in [5.41, 5.74) is 5.76. The number of carbonyl (C=O) groups excluding carboxylic acids is 3. The van der Waals surface area contributed by atoms with Gasteiger partial charge in [0, 0.05) is 32.6 Å². The number of para-hydroxylation sites is 1. The van der Waals surface area contributed by atoms with Crippen molar-refractivity contribution in [2.75, 3.05) is 56.5 Å². The van der Waals surface area contributed by atoms with Crippen LogP contribution in [0, 0.1) is 0 Å². The predicted molar refractivity (Wildman–Crippen MR) is 213 cm³/mol. The number of amides is 2. The maximum atomic E-state index is 13.6. The van der Waals surface area contributed by atoms with Crippen LogP contribution in [0.25, 0.3) is 21.4 Å². The highest BCUT2D eigenvalue weighted by Gasteiger charge is 2.35. The Morgan fingerprint density at radius 2 is 1.70 bits per heavy atom. The number of nitrogen functional groups attached to an aromatic ring is 1. The van der Waals surface area contributed by atoms with E-state index in [0.29, 0.717) is 29.7 Å². The molecule has 0 radical (unpaired) electrons. The maximum absolute atomic E-state index is 13.6. The van der Waals surface area contributed by atoms with E-state index >= 15 is 0 Å². The molecule has 2 amide bonds. The fraction of sp³-hybridized carbons (Fsp3) is 0.559. The number of benzene rings is 1. The molecule has 0 bridgehead atoms. The topological polar surface area (TPSA) is 252 Å². The highest BCUT2D eigenvalue weighted by atomic mass is 32.2. The van der Waals surface area contributed by atoms with Gasteiger partial charge in [-0.05, 0) is 67.0 Å². The van der Waals surface area contributed by atoms with Crippen LogP contribution >= 0.6 is 18.9 Å². The van der Waals surface area contributed by atoms with E-state index in [4.69, 9.17) is 19.5 Å². The molecule has 1 aromatic carbocycles. The summed E-state index contributed by atoms with van der Waals surface area (Å²) in [6.07, 6.45) is 1.72. The van der Waals surface area contributed by atoms with E-state index in [1.165, 1.54) is 15.8 Å². The Bertz CT molecular complexity index is 2110. The van der Waals surface area contributed by atoms with E-state index in [0.717, 1.165) is 11.3 Å². The number of hydrogen-bond donors (Lipinski definition) is 4. The standard InChI is InChI=1S/C34H51N10O9PS2/c1-8-51-27(47)21-43(18-17-39-56(49,50)32-40-23-12-9-10-13-24(23)55-32)26(46)20-44-22-38-28-29(35)41-31(42-30(28)44)37-16-11-15-36-25(45)14-19-54(48,52-33(2,3)4)53-34(5,6)7/h9-10,12-13,22,39H,8,11,14-21H2,1-7H3,(H,36,45)(H3,35,37,41,42). The van der Waals surface area contributed by atoms with Gasteiger partial charge in [-0.1, -0.05) is 12.1 Å². The van der Waals surface area contributed by atoms with E-state index in [1.807, 2.05) is 0 Å². The zero-order chi connectivity index (χ0) is 41.3. The highest BCUT2D eigenvalue weighted by Crippen LogP contribution is 2.54. The molecule has 0 fully saturated rings. The van der Waals surface area contributed by atoms with Crippen LogP contribution in [0.15, 0.2) is 34.9 Å². The molecule has 5 N–H and O–H groups in total. The number of esters is 1. The molecule has 0 saturated carbocycles. The van der Waals surface area contributed by atoms with Gasteiger partial charge in [0.25, 0.3) is 10.0 Å². The zero-order valence-corrected chi connectivity index (χ0v) is 35.2. The van der Waals surface area contributed by atoms with Gasteiger partial charge in [-0.3, -0.25) is 18.9 Å². The van der Waals surface area contributed by atoms with Gasteiger partial charge in [-0.2, -0.15) is 9.97 Å². The van der Waals surface area contributed by atoms with Crippen molar-refractivity contribution >= 4 is 79.9 Å². The van der Waals surface area contributed by atoms with Crippen molar-refractivity contribution in [1.29, 1.82) is 0 Å². The fourth-order valence-electron chi connectivity index (χ4n) is 5.19. The van der Waals surface area contributed by atoms with Crippen LogP contribution in [0.2, 0.25) is 0 Å². The van der Waals surface area contributed by atoms with Gasteiger partial charge in [0.15, 0.2) is 11.5 Å². The lowest BCUT2D eigenvalue weighted by Crippen LogP contribution is -2.43. The number of carbonyl (C=O) groups is 3. The third-order valence-corrected chi connectivity index (χ3v) is 12.6. The van der Waals surface area contributed by atoms with E-state index < -0.39 is 47.2 Å². The molecule has 56 heavy (non-hydrogen) atoms. The molecule has 308 valence electrons. The summed E-state index contributed by atoms with van der Waals surface area (Å²) in [5, 5.41) is 5.85. The highest BCUT2D eigenvalue weighted by molar-refractivity contribution is 7.91. The molecular formula is C34H51N10O9PS2. The van der Waals surface area contributed by atoms with Crippen LogP contribution in [0.1, 0.15) is 61.3 Å². The van der Waals surface area contributed by atoms with Crippen molar-refractivity contribution in [3.63, 3.8) is 0 Å². The zero-order valence-electron chi connectivity index (χ0n) is 32.7.